The predicted molar refractivity (Wildman–Crippen MR) is 63.5 cm³/mol. The van der Waals surface area contributed by atoms with Gasteiger partial charge >= 0.3 is 0 Å². The monoisotopic (exact) mass is 221 g/mol. The van der Waals surface area contributed by atoms with Gasteiger partial charge in [-0.1, -0.05) is 12.5 Å². The summed E-state index contributed by atoms with van der Waals surface area (Å²) in [4.78, 5) is 0. The second-order valence-electron chi connectivity index (χ2n) is 4.34. The van der Waals surface area contributed by atoms with Crippen molar-refractivity contribution in [3.05, 3.63) is 23.8 Å². The average molecular weight is 221 g/mol. The average Bonchev–Trinajstić information content (AvgIpc) is 2.31. The fraction of sp³-hybridized carbons (Fsp3) is 0.538. The first-order valence-corrected chi connectivity index (χ1v) is 5.99. The molecule has 3 heteroatoms. The maximum Gasteiger partial charge on any atom is 0.127 e. The van der Waals surface area contributed by atoms with Crippen LogP contribution in [0.1, 0.15) is 37.7 Å². The number of hydrogen-bond acceptors (Lipinski definition) is 3. The summed E-state index contributed by atoms with van der Waals surface area (Å²) in [7, 11) is 0. The molecule has 1 fully saturated rings. The quantitative estimate of drug-likeness (QED) is 0.824. The number of phenols is 1. The normalized spacial score (nSPS) is 17.3. The van der Waals surface area contributed by atoms with Crippen molar-refractivity contribution in [3.8, 4) is 11.5 Å². The number of phenolic OH excluding ortho intramolecular Hbond substituents is 1. The van der Waals surface area contributed by atoms with Gasteiger partial charge in [-0.15, -0.1) is 0 Å². The fourth-order valence-electron chi connectivity index (χ4n) is 2.23. The topological polar surface area (TPSA) is 55.5 Å². The van der Waals surface area contributed by atoms with Gasteiger partial charge in [-0.25, -0.2) is 0 Å². The molecular formula is C13H19NO2. The minimum absolute atomic E-state index is 0.232. The third-order valence-corrected chi connectivity index (χ3v) is 3.16. The van der Waals surface area contributed by atoms with Crippen molar-refractivity contribution in [1.29, 1.82) is 0 Å². The summed E-state index contributed by atoms with van der Waals surface area (Å²) >= 11 is 0. The van der Waals surface area contributed by atoms with Gasteiger partial charge in [0.15, 0.2) is 0 Å². The molecule has 1 saturated carbocycles. The predicted octanol–water partition coefficient (Wildman–Crippen LogP) is 2.56. The van der Waals surface area contributed by atoms with Crippen LogP contribution in [0, 0.1) is 0 Å². The molecule has 0 heterocycles. The Morgan fingerprint density at radius 3 is 2.69 bits per heavy atom. The molecule has 1 aliphatic rings. The second-order valence-corrected chi connectivity index (χ2v) is 4.34. The summed E-state index contributed by atoms with van der Waals surface area (Å²) in [6.07, 6.45) is 6.30. The smallest absolute Gasteiger partial charge is 0.127 e. The van der Waals surface area contributed by atoms with Crippen LogP contribution in [-0.2, 0) is 6.54 Å². The van der Waals surface area contributed by atoms with Gasteiger partial charge in [-0.2, -0.15) is 0 Å². The van der Waals surface area contributed by atoms with E-state index in [0.29, 0.717) is 18.2 Å². The molecular weight excluding hydrogens is 202 g/mol. The summed E-state index contributed by atoms with van der Waals surface area (Å²) in [5.74, 6) is 0.977. The van der Waals surface area contributed by atoms with E-state index in [2.05, 4.69) is 0 Å². The summed E-state index contributed by atoms with van der Waals surface area (Å²) in [5, 5.41) is 9.66. The Kier molecular flexibility index (Phi) is 3.67. The van der Waals surface area contributed by atoms with Gasteiger partial charge < -0.3 is 15.6 Å². The first kappa shape index (κ1) is 11.3. The van der Waals surface area contributed by atoms with Gasteiger partial charge in [-0.3, -0.25) is 0 Å². The number of ether oxygens (including phenoxy) is 1. The molecule has 0 unspecified atom stereocenters. The van der Waals surface area contributed by atoms with E-state index in [-0.39, 0.29) is 5.75 Å². The van der Waals surface area contributed by atoms with E-state index in [0.717, 1.165) is 18.6 Å². The molecule has 3 N–H and O–H groups in total. The van der Waals surface area contributed by atoms with Gasteiger partial charge in [0.2, 0.25) is 0 Å². The fourth-order valence-corrected chi connectivity index (χ4v) is 2.23. The van der Waals surface area contributed by atoms with Crippen molar-refractivity contribution in [3.63, 3.8) is 0 Å². The summed E-state index contributed by atoms with van der Waals surface area (Å²) in [5.41, 5.74) is 6.33. The Labute approximate surface area is 96.2 Å². The number of hydrogen-bond donors (Lipinski definition) is 2. The zero-order chi connectivity index (χ0) is 11.4. The van der Waals surface area contributed by atoms with Crippen LogP contribution in [0.25, 0.3) is 0 Å². The highest BCUT2D eigenvalue weighted by Crippen LogP contribution is 2.30. The van der Waals surface area contributed by atoms with Crippen molar-refractivity contribution in [2.75, 3.05) is 0 Å². The third kappa shape index (κ3) is 2.47. The molecule has 1 aromatic carbocycles. The van der Waals surface area contributed by atoms with Crippen LogP contribution in [0.3, 0.4) is 0 Å². The lowest BCUT2D eigenvalue weighted by atomic mass is 9.97. The van der Waals surface area contributed by atoms with E-state index in [4.69, 9.17) is 10.5 Å². The maximum atomic E-state index is 9.66. The van der Waals surface area contributed by atoms with E-state index in [1.165, 1.54) is 19.3 Å². The zero-order valence-corrected chi connectivity index (χ0v) is 9.48. The lowest BCUT2D eigenvalue weighted by Gasteiger charge is -2.24. The SMILES string of the molecule is NCc1c(O)cccc1OC1CCCCC1. The van der Waals surface area contributed by atoms with Crippen molar-refractivity contribution < 1.29 is 9.84 Å². The minimum Gasteiger partial charge on any atom is -0.507 e. The molecule has 2 rings (SSSR count). The van der Waals surface area contributed by atoms with Gasteiger partial charge in [0.05, 0.1) is 6.10 Å². The lowest BCUT2D eigenvalue weighted by Crippen LogP contribution is -2.20. The Bertz CT molecular complexity index is 346. The molecule has 1 aliphatic carbocycles. The number of aromatic hydroxyl groups is 1. The molecule has 3 nitrogen and oxygen atoms in total. The van der Waals surface area contributed by atoms with Gasteiger partial charge in [0, 0.05) is 12.1 Å². The van der Waals surface area contributed by atoms with E-state index >= 15 is 0 Å². The highest BCUT2D eigenvalue weighted by atomic mass is 16.5. The van der Waals surface area contributed by atoms with E-state index in [1.807, 2.05) is 6.07 Å². The van der Waals surface area contributed by atoms with Crippen molar-refractivity contribution in [2.45, 2.75) is 44.8 Å². The Morgan fingerprint density at radius 2 is 2.00 bits per heavy atom. The number of benzene rings is 1. The van der Waals surface area contributed by atoms with E-state index < -0.39 is 0 Å². The third-order valence-electron chi connectivity index (χ3n) is 3.16. The van der Waals surface area contributed by atoms with Crippen LogP contribution < -0.4 is 10.5 Å². The van der Waals surface area contributed by atoms with Crippen LogP contribution in [0.5, 0.6) is 11.5 Å². The molecule has 0 atom stereocenters. The molecule has 88 valence electrons. The van der Waals surface area contributed by atoms with Crippen molar-refractivity contribution in [2.24, 2.45) is 5.73 Å². The highest BCUT2D eigenvalue weighted by Gasteiger charge is 2.17. The minimum atomic E-state index is 0.232. The molecule has 0 aliphatic heterocycles. The van der Waals surface area contributed by atoms with Crippen LogP contribution in [0.4, 0.5) is 0 Å². The van der Waals surface area contributed by atoms with Gasteiger partial charge in [-0.05, 0) is 37.8 Å². The first-order valence-electron chi connectivity index (χ1n) is 5.99. The summed E-state index contributed by atoms with van der Waals surface area (Å²) in [6, 6.07) is 5.33. The van der Waals surface area contributed by atoms with Crippen LogP contribution >= 0.6 is 0 Å². The van der Waals surface area contributed by atoms with E-state index in [1.54, 1.807) is 12.1 Å². The molecule has 0 saturated heterocycles. The zero-order valence-electron chi connectivity index (χ0n) is 9.48. The summed E-state index contributed by atoms with van der Waals surface area (Å²) in [6.45, 7) is 0.314. The molecule has 16 heavy (non-hydrogen) atoms. The van der Waals surface area contributed by atoms with E-state index in [9.17, 15) is 5.11 Å². The highest BCUT2D eigenvalue weighted by molar-refractivity contribution is 5.43. The molecule has 0 amide bonds. The Hall–Kier alpha value is -1.22. The van der Waals surface area contributed by atoms with Crippen molar-refractivity contribution in [1.82, 2.24) is 0 Å². The van der Waals surface area contributed by atoms with Crippen LogP contribution in [0.2, 0.25) is 0 Å². The van der Waals surface area contributed by atoms with Gasteiger partial charge in [0.1, 0.15) is 11.5 Å². The second kappa shape index (κ2) is 5.21. The Morgan fingerprint density at radius 1 is 1.25 bits per heavy atom. The lowest BCUT2D eigenvalue weighted by molar-refractivity contribution is 0.153. The maximum absolute atomic E-state index is 9.66. The molecule has 0 aromatic heterocycles. The Balaban J connectivity index is 2.10. The molecule has 0 spiro atoms. The first-order chi connectivity index (χ1) is 7.81. The van der Waals surface area contributed by atoms with Crippen LogP contribution in [-0.4, -0.2) is 11.2 Å². The number of nitrogens with two attached hydrogens (primary N) is 1. The van der Waals surface area contributed by atoms with Crippen LogP contribution in [0.15, 0.2) is 18.2 Å². The molecule has 0 bridgehead atoms. The standard InChI is InChI=1S/C13H19NO2/c14-9-11-12(15)7-4-8-13(11)16-10-5-2-1-3-6-10/h4,7-8,10,15H,1-3,5-6,9,14H2. The van der Waals surface area contributed by atoms with Gasteiger partial charge in [0.25, 0.3) is 0 Å². The molecule has 1 aromatic rings. The molecule has 0 radical (unpaired) electrons. The number of rotatable bonds is 3. The summed E-state index contributed by atoms with van der Waals surface area (Å²) < 4.78 is 5.92. The van der Waals surface area contributed by atoms with Crippen molar-refractivity contribution >= 4 is 0 Å². The largest absolute Gasteiger partial charge is 0.507 e.